The van der Waals surface area contributed by atoms with Crippen LogP contribution in [0.25, 0.3) is 21.8 Å². The van der Waals surface area contributed by atoms with Crippen LogP contribution in [0.15, 0.2) is 77.6 Å². The van der Waals surface area contributed by atoms with Crippen LogP contribution in [0.3, 0.4) is 0 Å². The van der Waals surface area contributed by atoms with Gasteiger partial charge in [-0.25, -0.2) is 0 Å². The van der Waals surface area contributed by atoms with Crippen molar-refractivity contribution in [1.82, 2.24) is 4.57 Å². The Labute approximate surface area is 154 Å². The number of carbonyl (C=O) groups excluding carboxylic acids is 1. The number of carbonyl (C=O) groups is 1. The first kappa shape index (κ1) is 16.4. The molecule has 0 spiro atoms. The number of nitrogens with one attached hydrogen (secondary N) is 1. The number of pyridine rings is 1. The molecule has 0 aliphatic rings. The third-order valence-corrected chi connectivity index (χ3v) is 4.66. The van der Waals surface area contributed by atoms with Crippen LogP contribution in [0, 0.1) is 0 Å². The van der Waals surface area contributed by atoms with E-state index in [0.717, 1.165) is 11.0 Å². The maximum atomic E-state index is 12.7. The quantitative estimate of drug-likeness (QED) is 0.547. The standard InChI is InChI=1S/C21H15ClN2O2/c22-16-9-3-4-10-17(16)23-20(25)13-24-18-11-5-1-7-14(18)21(26)15-8-2-6-12-19(15)24/h1-12H,13H2,(H,23,25). The van der Waals surface area contributed by atoms with Crippen LogP contribution in [-0.2, 0) is 11.3 Å². The molecule has 1 amide bonds. The molecule has 0 unspecified atom stereocenters. The fourth-order valence-corrected chi connectivity index (χ4v) is 3.33. The molecule has 4 aromatic rings. The second-order valence-corrected chi connectivity index (χ2v) is 6.38. The van der Waals surface area contributed by atoms with Crippen LogP contribution in [0.2, 0.25) is 5.02 Å². The minimum atomic E-state index is -0.211. The van der Waals surface area contributed by atoms with Gasteiger partial charge in [-0.3, -0.25) is 9.59 Å². The van der Waals surface area contributed by atoms with Crippen LogP contribution in [0.5, 0.6) is 0 Å². The molecule has 0 saturated heterocycles. The zero-order chi connectivity index (χ0) is 18.1. The van der Waals surface area contributed by atoms with Crippen molar-refractivity contribution < 1.29 is 4.79 Å². The Bertz CT molecular complexity index is 1140. The van der Waals surface area contributed by atoms with Crippen LogP contribution in [0.4, 0.5) is 5.69 Å². The van der Waals surface area contributed by atoms with E-state index in [1.54, 1.807) is 30.3 Å². The van der Waals surface area contributed by atoms with Crippen molar-refractivity contribution in [1.29, 1.82) is 0 Å². The average Bonchev–Trinajstić information content (AvgIpc) is 2.67. The Morgan fingerprint density at radius 3 is 2.00 bits per heavy atom. The molecule has 4 nitrogen and oxygen atoms in total. The first-order valence-corrected chi connectivity index (χ1v) is 8.57. The normalized spacial score (nSPS) is 11.0. The van der Waals surface area contributed by atoms with Gasteiger partial charge in [0.2, 0.25) is 5.91 Å². The molecule has 3 aromatic carbocycles. The van der Waals surface area contributed by atoms with E-state index < -0.39 is 0 Å². The van der Waals surface area contributed by atoms with Crippen LogP contribution >= 0.6 is 11.6 Å². The van der Waals surface area contributed by atoms with Gasteiger partial charge in [0.25, 0.3) is 0 Å². The van der Waals surface area contributed by atoms with Crippen molar-refractivity contribution in [3.63, 3.8) is 0 Å². The van der Waals surface area contributed by atoms with E-state index in [9.17, 15) is 9.59 Å². The number of nitrogens with zero attached hydrogens (tertiary/aromatic N) is 1. The fourth-order valence-electron chi connectivity index (χ4n) is 3.14. The van der Waals surface area contributed by atoms with Gasteiger partial charge in [-0.05, 0) is 36.4 Å². The van der Waals surface area contributed by atoms with E-state index in [1.807, 2.05) is 47.0 Å². The molecule has 0 bridgehead atoms. The van der Waals surface area contributed by atoms with Gasteiger partial charge in [0.15, 0.2) is 5.43 Å². The van der Waals surface area contributed by atoms with Crippen molar-refractivity contribution in [3.05, 3.63) is 88.0 Å². The summed E-state index contributed by atoms with van der Waals surface area (Å²) in [5.41, 5.74) is 1.99. The number of anilines is 1. The molecule has 128 valence electrons. The minimum absolute atomic E-state index is 0.0287. The van der Waals surface area contributed by atoms with Gasteiger partial charge >= 0.3 is 0 Å². The van der Waals surface area contributed by atoms with Gasteiger partial charge < -0.3 is 9.88 Å². The summed E-state index contributed by atoms with van der Waals surface area (Å²) in [5.74, 6) is -0.211. The molecule has 1 N–H and O–H groups in total. The number of amides is 1. The Balaban J connectivity index is 1.82. The summed E-state index contributed by atoms with van der Waals surface area (Å²) in [4.78, 5) is 25.4. The van der Waals surface area contributed by atoms with Gasteiger partial charge in [-0.1, -0.05) is 48.0 Å². The predicted octanol–water partition coefficient (Wildman–Crippen LogP) is 4.45. The van der Waals surface area contributed by atoms with Gasteiger partial charge in [0, 0.05) is 10.8 Å². The lowest BCUT2D eigenvalue weighted by Gasteiger charge is -2.15. The Morgan fingerprint density at radius 1 is 0.846 bits per heavy atom. The van der Waals surface area contributed by atoms with E-state index in [4.69, 9.17) is 11.6 Å². The molecule has 0 radical (unpaired) electrons. The first-order chi connectivity index (χ1) is 12.6. The number of fused-ring (bicyclic) bond motifs is 2. The molecule has 0 aliphatic carbocycles. The third kappa shape index (κ3) is 2.85. The fraction of sp³-hybridized carbons (Fsp3) is 0.0476. The van der Waals surface area contributed by atoms with E-state index in [1.165, 1.54) is 0 Å². The molecular weight excluding hydrogens is 348 g/mol. The van der Waals surface area contributed by atoms with Crippen molar-refractivity contribution in [2.45, 2.75) is 6.54 Å². The van der Waals surface area contributed by atoms with Gasteiger partial charge in [0.1, 0.15) is 6.54 Å². The number of aromatic nitrogens is 1. The monoisotopic (exact) mass is 362 g/mol. The van der Waals surface area contributed by atoms with Crippen LogP contribution < -0.4 is 10.7 Å². The van der Waals surface area contributed by atoms with Crippen molar-refractivity contribution in [3.8, 4) is 0 Å². The highest BCUT2D eigenvalue weighted by Crippen LogP contribution is 2.22. The highest BCUT2D eigenvalue weighted by molar-refractivity contribution is 6.33. The summed E-state index contributed by atoms with van der Waals surface area (Å²) in [5, 5.41) is 4.50. The molecule has 26 heavy (non-hydrogen) atoms. The average molecular weight is 363 g/mol. The number of benzene rings is 3. The molecule has 0 fully saturated rings. The maximum Gasteiger partial charge on any atom is 0.244 e. The number of rotatable bonds is 3. The third-order valence-electron chi connectivity index (χ3n) is 4.33. The van der Waals surface area contributed by atoms with Crippen molar-refractivity contribution >= 4 is 45.0 Å². The zero-order valence-electron chi connectivity index (χ0n) is 13.8. The van der Waals surface area contributed by atoms with Gasteiger partial charge in [0.05, 0.1) is 21.7 Å². The molecule has 0 saturated carbocycles. The highest BCUT2D eigenvalue weighted by atomic mass is 35.5. The molecule has 0 aliphatic heterocycles. The second kappa shape index (κ2) is 6.65. The topological polar surface area (TPSA) is 51.1 Å². The number of para-hydroxylation sites is 3. The Kier molecular flexibility index (Phi) is 4.19. The lowest BCUT2D eigenvalue weighted by atomic mass is 10.1. The summed E-state index contributed by atoms with van der Waals surface area (Å²) in [7, 11) is 0. The number of hydrogen-bond donors (Lipinski definition) is 1. The SMILES string of the molecule is O=C(Cn1c2ccccc2c(=O)c2ccccc21)Nc1ccccc1Cl. The van der Waals surface area contributed by atoms with Crippen LogP contribution in [0.1, 0.15) is 0 Å². The Morgan fingerprint density at radius 2 is 1.38 bits per heavy atom. The van der Waals surface area contributed by atoms with E-state index in [0.29, 0.717) is 21.5 Å². The summed E-state index contributed by atoms with van der Waals surface area (Å²) < 4.78 is 1.86. The second-order valence-electron chi connectivity index (χ2n) is 5.98. The molecule has 5 heteroatoms. The van der Waals surface area contributed by atoms with E-state index >= 15 is 0 Å². The molecular formula is C21H15ClN2O2. The largest absolute Gasteiger partial charge is 0.331 e. The minimum Gasteiger partial charge on any atom is -0.331 e. The predicted molar refractivity (Wildman–Crippen MR) is 106 cm³/mol. The molecule has 1 heterocycles. The van der Waals surface area contributed by atoms with Gasteiger partial charge in [-0.2, -0.15) is 0 Å². The lowest BCUT2D eigenvalue weighted by molar-refractivity contribution is -0.116. The van der Waals surface area contributed by atoms with Gasteiger partial charge in [-0.15, -0.1) is 0 Å². The smallest absolute Gasteiger partial charge is 0.244 e. The van der Waals surface area contributed by atoms with Crippen molar-refractivity contribution in [2.24, 2.45) is 0 Å². The zero-order valence-corrected chi connectivity index (χ0v) is 14.5. The van der Waals surface area contributed by atoms with Crippen LogP contribution in [-0.4, -0.2) is 10.5 Å². The molecule has 0 atom stereocenters. The number of halogens is 1. The Hall–Kier alpha value is -3.11. The number of hydrogen-bond acceptors (Lipinski definition) is 2. The summed E-state index contributed by atoms with van der Waals surface area (Å²) in [6, 6.07) is 21.7. The van der Waals surface area contributed by atoms with Crippen molar-refractivity contribution in [2.75, 3.05) is 5.32 Å². The van der Waals surface area contributed by atoms with E-state index in [2.05, 4.69) is 5.32 Å². The maximum absolute atomic E-state index is 12.7. The van der Waals surface area contributed by atoms with E-state index in [-0.39, 0.29) is 17.9 Å². The molecule has 4 rings (SSSR count). The summed E-state index contributed by atoms with van der Waals surface area (Å²) in [6.07, 6.45) is 0. The molecule has 1 aromatic heterocycles. The summed E-state index contributed by atoms with van der Waals surface area (Å²) in [6.45, 7) is 0.0759. The highest BCUT2D eigenvalue weighted by Gasteiger charge is 2.13. The lowest BCUT2D eigenvalue weighted by Crippen LogP contribution is -2.21. The first-order valence-electron chi connectivity index (χ1n) is 8.20. The summed E-state index contributed by atoms with van der Waals surface area (Å²) >= 11 is 6.12.